The first-order chi connectivity index (χ1) is 48.3. The molecule has 5 N–H and O–H groups in total. The standard InChI is InChI=1S/C75H117F2N13O13/c1-47(2)38-55-69(98)86(15)60(41-50(7)8)72(101)85(14)59(42-53-26-20-17-21-27-53)68(97)79-56(39-48(3)4)70(99)87(16)61(43-54-28-22-18-23-29-54)73(102)90(37-36-88-34-30-75(76,77)31-35-88)45-62(92)81-65(52(10)91)74(103)82(11)46-64(94)84(13)58(40-49(5)6)67(96)80-57(71(100)89-32-24-19-25-33-89)44-63(93)83(12)51(9)66(95)78-55/h17-18,20-23,26-29,47-52,55-61,65,91H,19,24-25,30-46H2,1-16H3,(H,78,95)(H,79,97)(H,80,96)(H,81,92)/t51-,52+,55-,56-,57-,58-,59-,60-,61-,65-/m0/s1. The minimum Gasteiger partial charge on any atom is -0.391 e. The van der Waals surface area contributed by atoms with Gasteiger partial charge in [-0.1, -0.05) is 116 Å². The maximum atomic E-state index is 15.7. The van der Waals surface area contributed by atoms with Gasteiger partial charge in [-0.25, -0.2) is 8.78 Å². The van der Waals surface area contributed by atoms with Crippen molar-refractivity contribution in [3.8, 4) is 0 Å². The number of rotatable bonds is 17. The Balaban J connectivity index is 1.69. The van der Waals surface area contributed by atoms with E-state index in [9.17, 15) is 47.4 Å². The number of aliphatic hydroxyl groups is 1. The molecule has 5 rings (SSSR count). The Morgan fingerprint density at radius 2 is 0.961 bits per heavy atom. The quantitative estimate of drug-likeness (QED) is 0.151. The summed E-state index contributed by atoms with van der Waals surface area (Å²) < 4.78 is 29.1. The first-order valence-electron chi connectivity index (χ1n) is 36.5. The minimum absolute atomic E-state index is 0.0000655. The van der Waals surface area contributed by atoms with Gasteiger partial charge in [-0.15, -0.1) is 0 Å². The van der Waals surface area contributed by atoms with Gasteiger partial charge in [-0.3, -0.25) is 57.5 Å². The molecule has 3 aliphatic rings. The number of carbonyl (C=O) groups is 12. The molecule has 0 aliphatic carbocycles. The van der Waals surface area contributed by atoms with E-state index in [4.69, 9.17) is 0 Å². The van der Waals surface area contributed by atoms with Gasteiger partial charge in [-0.05, 0) is 93.6 Å². The van der Waals surface area contributed by atoms with E-state index in [1.165, 1.54) is 70.8 Å². The van der Waals surface area contributed by atoms with Crippen LogP contribution in [-0.2, 0) is 70.4 Å². The first kappa shape index (κ1) is 85.5. The van der Waals surface area contributed by atoms with Crippen LogP contribution in [0.25, 0.3) is 0 Å². The van der Waals surface area contributed by atoms with Crippen LogP contribution in [0.3, 0.4) is 0 Å². The number of nitrogens with zero attached hydrogens (tertiary/aromatic N) is 9. The number of benzene rings is 2. The van der Waals surface area contributed by atoms with E-state index < -0.39 is 170 Å². The predicted molar refractivity (Wildman–Crippen MR) is 386 cm³/mol. The molecular weight excluding hydrogens is 1330 g/mol. The molecule has 3 aliphatic heterocycles. The second kappa shape index (κ2) is 39.7. The molecule has 0 spiro atoms. The first-order valence-corrected chi connectivity index (χ1v) is 36.5. The van der Waals surface area contributed by atoms with Gasteiger partial charge in [0.05, 0.1) is 25.6 Å². The number of nitrogens with one attached hydrogen (secondary N) is 4. The van der Waals surface area contributed by atoms with Crippen LogP contribution in [0.4, 0.5) is 8.78 Å². The lowest BCUT2D eigenvalue weighted by molar-refractivity contribution is -0.151. The van der Waals surface area contributed by atoms with E-state index in [1.54, 1.807) is 70.5 Å². The maximum absolute atomic E-state index is 15.7. The van der Waals surface area contributed by atoms with Crippen LogP contribution in [0.2, 0.25) is 0 Å². The van der Waals surface area contributed by atoms with Gasteiger partial charge in [-0.2, -0.15) is 0 Å². The summed E-state index contributed by atoms with van der Waals surface area (Å²) in [5.74, 6) is -12.9. The number of halogens is 2. The van der Waals surface area contributed by atoms with Crippen molar-refractivity contribution >= 4 is 70.9 Å². The molecule has 574 valence electrons. The van der Waals surface area contributed by atoms with Gasteiger partial charge in [0.2, 0.25) is 70.9 Å². The lowest BCUT2D eigenvalue weighted by Gasteiger charge is -2.38. The fourth-order valence-electron chi connectivity index (χ4n) is 13.3. The highest BCUT2D eigenvalue weighted by Gasteiger charge is 2.44. The van der Waals surface area contributed by atoms with E-state index in [1.807, 2.05) is 55.4 Å². The van der Waals surface area contributed by atoms with Gasteiger partial charge >= 0.3 is 0 Å². The summed E-state index contributed by atoms with van der Waals surface area (Å²) in [4.78, 5) is 191. The van der Waals surface area contributed by atoms with Crippen molar-refractivity contribution in [1.29, 1.82) is 0 Å². The van der Waals surface area contributed by atoms with Gasteiger partial charge in [0.25, 0.3) is 5.92 Å². The number of piperidine rings is 2. The van der Waals surface area contributed by atoms with Gasteiger partial charge < -0.3 is 70.5 Å². The summed E-state index contributed by atoms with van der Waals surface area (Å²) in [6.07, 6.45) is -0.923. The van der Waals surface area contributed by atoms with Crippen molar-refractivity contribution in [2.75, 3.05) is 94.6 Å². The molecule has 0 saturated carbocycles. The number of likely N-dealkylation sites (tertiary alicyclic amines) is 2. The van der Waals surface area contributed by atoms with Crippen molar-refractivity contribution in [2.45, 2.75) is 213 Å². The van der Waals surface area contributed by atoms with Crippen molar-refractivity contribution in [3.63, 3.8) is 0 Å². The Kier molecular flexibility index (Phi) is 32.9. The zero-order valence-corrected chi connectivity index (χ0v) is 63.6. The summed E-state index contributed by atoms with van der Waals surface area (Å²) in [5, 5.41) is 22.4. The average molecular weight is 1450 g/mol. The normalized spacial score (nSPS) is 25.5. The van der Waals surface area contributed by atoms with Crippen molar-refractivity contribution < 1.29 is 71.4 Å². The molecule has 12 amide bonds. The topological polar surface area (TPSA) is 302 Å². The molecule has 3 saturated heterocycles. The molecule has 103 heavy (non-hydrogen) atoms. The van der Waals surface area contributed by atoms with Crippen LogP contribution in [-0.4, -0.2) is 281 Å². The lowest BCUT2D eigenvalue weighted by Crippen LogP contribution is -2.61. The Labute approximate surface area is 608 Å². The number of aliphatic hydroxyl groups excluding tert-OH is 1. The second-order valence-electron chi connectivity index (χ2n) is 30.2. The monoisotopic (exact) mass is 1450 g/mol. The molecule has 28 heteroatoms. The zero-order valence-electron chi connectivity index (χ0n) is 63.6. The molecule has 2 aromatic carbocycles. The Bertz CT molecular complexity index is 3200. The molecule has 10 atom stereocenters. The van der Waals surface area contributed by atoms with Crippen molar-refractivity contribution in [2.24, 2.45) is 23.7 Å². The summed E-state index contributed by atoms with van der Waals surface area (Å²) in [7, 11) is 8.22. The number of hydrogen-bond donors (Lipinski definition) is 5. The fraction of sp³-hybridized carbons (Fsp3) is 0.680. The fourth-order valence-corrected chi connectivity index (χ4v) is 13.3. The Hall–Kier alpha value is -8.14. The summed E-state index contributed by atoms with van der Waals surface area (Å²) in [6, 6.07) is 5.22. The van der Waals surface area contributed by atoms with Crippen LogP contribution < -0.4 is 21.3 Å². The van der Waals surface area contributed by atoms with E-state index in [2.05, 4.69) is 21.3 Å². The van der Waals surface area contributed by atoms with Crippen LogP contribution in [0, 0.1) is 23.7 Å². The molecule has 0 radical (unpaired) electrons. The highest BCUT2D eigenvalue weighted by atomic mass is 19.3. The van der Waals surface area contributed by atoms with Gasteiger partial charge in [0.15, 0.2) is 0 Å². The molecule has 0 bridgehead atoms. The van der Waals surface area contributed by atoms with Crippen LogP contribution in [0.5, 0.6) is 0 Å². The zero-order chi connectivity index (χ0) is 76.9. The lowest BCUT2D eigenvalue weighted by atomic mass is 9.96. The smallest absolute Gasteiger partial charge is 0.250 e. The van der Waals surface area contributed by atoms with Crippen LogP contribution in [0.15, 0.2) is 60.7 Å². The van der Waals surface area contributed by atoms with Crippen LogP contribution >= 0.6 is 0 Å². The molecule has 0 unspecified atom stereocenters. The van der Waals surface area contributed by atoms with Crippen molar-refractivity contribution in [3.05, 3.63) is 71.8 Å². The molecule has 0 aromatic heterocycles. The summed E-state index contributed by atoms with van der Waals surface area (Å²) >= 11 is 0. The largest absolute Gasteiger partial charge is 0.391 e. The Morgan fingerprint density at radius 3 is 1.47 bits per heavy atom. The Morgan fingerprint density at radius 1 is 0.495 bits per heavy atom. The predicted octanol–water partition coefficient (Wildman–Crippen LogP) is 3.57. The third-order valence-corrected chi connectivity index (χ3v) is 19.8. The highest BCUT2D eigenvalue weighted by molar-refractivity contribution is 6.00. The van der Waals surface area contributed by atoms with Crippen molar-refractivity contribution in [1.82, 2.24) is 65.4 Å². The minimum atomic E-state index is -2.92. The van der Waals surface area contributed by atoms with E-state index in [0.717, 1.165) is 26.0 Å². The SMILES string of the molecule is CC(C)C[C@@H]1NC(=O)[C@H](Cc2ccccc2)N(C)C(=O)[C@H](CC(C)C)N(C)C(=O)[C@H](CC(C)C)NC(=O)[C@H](C)N(C)C(=O)C[C@@H](C(=O)N2CCCCC2)NC(=O)[C@H](CC(C)C)N(C)C(=O)CN(C)C(=O)[C@H]([C@@H](C)O)NC(=O)CN(CCN2CCC(F)(F)CC2)C(=O)[C@H](Cc2ccccc2)N(C)C1=O. The second-order valence-corrected chi connectivity index (χ2v) is 30.2. The maximum Gasteiger partial charge on any atom is 0.250 e. The number of likely N-dealkylation sites (N-methyl/N-ethyl adjacent to an activating group) is 6. The molecule has 26 nitrogen and oxygen atoms in total. The molecule has 3 fully saturated rings. The molecular formula is C75H117F2N13O13. The van der Waals surface area contributed by atoms with E-state index >= 15 is 24.0 Å². The third kappa shape index (κ3) is 25.3. The van der Waals surface area contributed by atoms with Gasteiger partial charge in [0, 0.05) is 107 Å². The highest BCUT2D eigenvalue weighted by Crippen LogP contribution is 2.28. The molecule has 3 heterocycles. The van der Waals surface area contributed by atoms with E-state index in [-0.39, 0.29) is 88.4 Å². The number of hydrogen-bond acceptors (Lipinski definition) is 14. The van der Waals surface area contributed by atoms with E-state index in [0.29, 0.717) is 37.1 Å². The number of alkyl halides is 2. The third-order valence-electron chi connectivity index (χ3n) is 19.8. The molecule has 2 aromatic rings. The average Bonchev–Trinajstić information content (AvgIpc) is 0.809. The number of amides is 12. The van der Waals surface area contributed by atoms with Crippen LogP contribution in [0.1, 0.15) is 145 Å². The number of carbonyl (C=O) groups excluding carboxylic acids is 12. The van der Waals surface area contributed by atoms with Gasteiger partial charge in [0.1, 0.15) is 54.4 Å². The summed E-state index contributed by atoms with van der Waals surface area (Å²) in [5.41, 5.74) is 1.23. The summed E-state index contributed by atoms with van der Waals surface area (Å²) in [6.45, 7) is 16.3.